The number of benzene rings is 1. The van der Waals surface area contributed by atoms with E-state index in [1.54, 1.807) is 19.2 Å². The molecule has 0 spiro atoms. The molecule has 2 atom stereocenters. The van der Waals surface area contributed by atoms with Crippen molar-refractivity contribution < 1.29 is 18.7 Å². The Hall–Kier alpha value is -3.46. The molecule has 2 aromatic heterocycles. The summed E-state index contributed by atoms with van der Waals surface area (Å²) in [4.78, 5) is 33.6. The van der Waals surface area contributed by atoms with E-state index in [0.29, 0.717) is 17.9 Å². The molecule has 0 unspecified atom stereocenters. The first-order chi connectivity index (χ1) is 15.0. The zero-order chi connectivity index (χ0) is 21.8. The molecule has 4 rings (SSSR count). The Balaban J connectivity index is 1.35. The zero-order valence-corrected chi connectivity index (χ0v) is 17.1. The largest absolute Gasteiger partial charge is 0.445 e. The van der Waals surface area contributed by atoms with Crippen molar-refractivity contribution in [3.63, 3.8) is 0 Å². The highest BCUT2D eigenvalue weighted by atomic mass is 19.1. The third kappa shape index (κ3) is 5.18. The summed E-state index contributed by atoms with van der Waals surface area (Å²) in [6.45, 7) is 0.711. The normalized spacial score (nSPS) is 18.1. The lowest BCUT2D eigenvalue weighted by molar-refractivity contribution is -0.117. The Morgan fingerprint density at radius 3 is 2.81 bits per heavy atom. The Morgan fingerprint density at radius 1 is 1.26 bits per heavy atom. The van der Waals surface area contributed by atoms with E-state index in [1.807, 2.05) is 36.4 Å². The summed E-state index contributed by atoms with van der Waals surface area (Å²) in [5.74, 6) is 0.0893. The van der Waals surface area contributed by atoms with Gasteiger partial charge in [-0.05, 0) is 23.8 Å². The fourth-order valence-electron chi connectivity index (χ4n) is 3.47. The maximum absolute atomic E-state index is 13.3. The van der Waals surface area contributed by atoms with Crippen molar-refractivity contribution in [2.24, 2.45) is 0 Å². The first kappa shape index (κ1) is 20.8. The van der Waals surface area contributed by atoms with E-state index in [0.717, 1.165) is 16.8 Å². The molecule has 0 radical (unpaired) electrons. The number of nitrogens with zero attached hydrogens (tertiary/aromatic N) is 2. The molecule has 8 nitrogen and oxygen atoms in total. The number of pyridine rings is 1. The molecule has 3 N–H and O–H groups in total. The fraction of sp³-hybridized carbons (Fsp3) is 0.318. The van der Waals surface area contributed by atoms with Gasteiger partial charge < -0.3 is 25.3 Å². The van der Waals surface area contributed by atoms with Gasteiger partial charge in [-0.1, -0.05) is 30.3 Å². The van der Waals surface area contributed by atoms with E-state index in [1.165, 1.54) is 4.90 Å². The molecule has 9 heteroatoms. The van der Waals surface area contributed by atoms with Gasteiger partial charge in [-0.15, -0.1) is 0 Å². The van der Waals surface area contributed by atoms with Crippen LogP contribution in [0.4, 0.5) is 15.0 Å². The van der Waals surface area contributed by atoms with Crippen LogP contribution in [0.5, 0.6) is 0 Å². The number of nitrogens with one attached hydrogen (secondary N) is 3. The minimum Gasteiger partial charge on any atom is -0.445 e. The van der Waals surface area contributed by atoms with Crippen molar-refractivity contribution in [1.29, 1.82) is 0 Å². The van der Waals surface area contributed by atoms with E-state index in [-0.39, 0.29) is 25.5 Å². The number of anilines is 1. The van der Waals surface area contributed by atoms with Crippen LogP contribution in [0.3, 0.4) is 0 Å². The van der Waals surface area contributed by atoms with Gasteiger partial charge in [0.15, 0.2) is 0 Å². The average Bonchev–Trinajstić information content (AvgIpc) is 3.38. The maximum Gasteiger partial charge on any atom is 0.410 e. The van der Waals surface area contributed by atoms with E-state index in [2.05, 4.69) is 20.6 Å². The molecule has 1 aliphatic heterocycles. The van der Waals surface area contributed by atoms with Gasteiger partial charge in [0.2, 0.25) is 5.91 Å². The topological polar surface area (TPSA) is 99.4 Å². The fourth-order valence-corrected chi connectivity index (χ4v) is 3.47. The second-order valence-corrected chi connectivity index (χ2v) is 7.60. The first-order valence-corrected chi connectivity index (χ1v) is 10.1. The van der Waals surface area contributed by atoms with Crippen molar-refractivity contribution in [2.75, 3.05) is 18.9 Å². The highest BCUT2D eigenvalue weighted by Crippen LogP contribution is 2.19. The molecular formula is C22H24FN5O3. The van der Waals surface area contributed by atoms with Crippen LogP contribution in [0.2, 0.25) is 0 Å². The van der Waals surface area contributed by atoms with Gasteiger partial charge in [0.1, 0.15) is 18.6 Å². The number of fused-ring (bicyclic) bond motifs is 1. The SMILES string of the molecule is CN(Cc1cc2nc(NC(=O)[C@H]3C[C@@H](F)CN3)ccc2[nH]1)C(=O)OCc1ccccc1. The second kappa shape index (κ2) is 9.13. The summed E-state index contributed by atoms with van der Waals surface area (Å²) in [6.07, 6.45) is -1.27. The summed E-state index contributed by atoms with van der Waals surface area (Å²) in [6, 6.07) is 14.2. The van der Waals surface area contributed by atoms with Crippen LogP contribution < -0.4 is 10.6 Å². The summed E-state index contributed by atoms with van der Waals surface area (Å²) in [5.41, 5.74) is 3.13. The van der Waals surface area contributed by atoms with Gasteiger partial charge in [-0.2, -0.15) is 0 Å². The van der Waals surface area contributed by atoms with Crippen LogP contribution in [0.1, 0.15) is 17.7 Å². The molecule has 2 amide bonds. The number of rotatable bonds is 6. The molecule has 0 bridgehead atoms. The molecule has 1 aliphatic rings. The number of halogens is 1. The number of aromatic amines is 1. The maximum atomic E-state index is 13.3. The molecule has 0 saturated carbocycles. The van der Waals surface area contributed by atoms with Gasteiger partial charge in [-0.3, -0.25) is 4.79 Å². The van der Waals surface area contributed by atoms with Crippen LogP contribution in [0.15, 0.2) is 48.5 Å². The van der Waals surface area contributed by atoms with Crippen LogP contribution in [0, 0.1) is 0 Å². The number of amides is 2. The lowest BCUT2D eigenvalue weighted by Gasteiger charge is -2.16. The minimum absolute atomic E-state index is 0.162. The van der Waals surface area contributed by atoms with Gasteiger partial charge in [0.25, 0.3) is 0 Å². The number of carbonyl (C=O) groups is 2. The van der Waals surface area contributed by atoms with E-state index in [9.17, 15) is 14.0 Å². The first-order valence-electron chi connectivity index (χ1n) is 10.1. The molecule has 162 valence electrons. The molecule has 1 saturated heterocycles. The monoisotopic (exact) mass is 425 g/mol. The predicted molar refractivity (Wildman–Crippen MR) is 114 cm³/mol. The average molecular weight is 425 g/mol. The highest BCUT2D eigenvalue weighted by molar-refractivity contribution is 5.95. The standard InChI is InChI=1S/C22H24FN5O3/c1-28(22(30)31-13-14-5-3-2-4-6-14)12-16-10-18-17(25-16)7-8-20(26-18)27-21(29)19-9-15(23)11-24-19/h2-8,10,15,19,24-25H,9,11-13H2,1H3,(H,26,27,29)/t15-,19-/m1/s1. The number of hydrogen-bond donors (Lipinski definition) is 3. The van der Waals surface area contributed by atoms with Crippen LogP contribution in [-0.4, -0.2) is 52.7 Å². The summed E-state index contributed by atoms with van der Waals surface area (Å²) in [7, 11) is 1.66. The van der Waals surface area contributed by atoms with Crippen LogP contribution >= 0.6 is 0 Å². The molecule has 3 aromatic rings. The Kier molecular flexibility index (Phi) is 6.13. The smallest absolute Gasteiger partial charge is 0.410 e. The van der Waals surface area contributed by atoms with Crippen molar-refractivity contribution in [2.45, 2.75) is 31.8 Å². The summed E-state index contributed by atoms with van der Waals surface area (Å²) < 4.78 is 18.6. The van der Waals surface area contributed by atoms with Crippen molar-refractivity contribution in [3.05, 3.63) is 59.8 Å². The van der Waals surface area contributed by atoms with Crippen molar-refractivity contribution in [1.82, 2.24) is 20.2 Å². The van der Waals surface area contributed by atoms with Crippen molar-refractivity contribution in [3.8, 4) is 0 Å². The number of ether oxygens (including phenoxy) is 1. The molecule has 31 heavy (non-hydrogen) atoms. The van der Waals surface area contributed by atoms with Gasteiger partial charge in [0, 0.05) is 25.7 Å². The third-order valence-corrected chi connectivity index (χ3v) is 5.10. The van der Waals surface area contributed by atoms with E-state index in [4.69, 9.17) is 4.74 Å². The quantitative estimate of drug-likeness (QED) is 0.564. The van der Waals surface area contributed by atoms with E-state index < -0.39 is 18.3 Å². The Bertz CT molecular complexity index is 1070. The number of hydrogen-bond acceptors (Lipinski definition) is 5. The third-order valence-electron chi connectivity index (χ3n) is 5.10. The summed E-state index contributed by atoms with van der Waals surface area (Å²) >= 11 is 0. The van der Waals surface area contributed by atoms with Crippen molar-refractivity contribution >= 4 is 28.9 Å². The highest BCUT2D eigenvalue weighted by Gasteiger charge is 2.29. The minimum atomic E-state index is -1.00. The van der Waals surface area contributed by atoms with Gasteiger partial charge in [-0.25, -0.2) is 14.2 Å². The number of aromatic nitrogens is 2. The van der Waals surface area contributed by atoms with Gasteiger partial charge in [0.05, 0.1) is 23.6 Å². The number of carbonyl (C=O) groups excluding carboxylic acids is 2. The second-order valence-electron chi connectivity index (χ2n) is 7.60. The predicted octanol–water partition coefficient (Wildman–Crippen LogP) is 2.97. The molecule has 1 fully saturated rings. The number of alkyl halides is 1. The Morgan fingerprint density at radius 2 is 2.06 bits per heavy atom. The molecule has 0 aliphatic carbocycles. The number of H-pyrrole nitrogens is 1. The lowest BCUT2D eigenvalue weighted by atomic mass is 10.2. The summed E-state index contributed by atoms with van der Waals surface area (Å²) in [5, 5.41) is 5.57. The molecule has 1 aromatic carbocycles. The lowest BCUT2D eigenvalue weighted by Crippen LogP contribution is -2.35. The van der Waals surface area contributed by atoms with Crippen LogP contribution in [0.25, 0.3) is 11.0 Å². The zero-order valence-electron chi connectivity index (χ0n) is 17.1. The molecule has 3 heterocycles. The Labute approximate surface area is 178 Å². The van der Waals surface area contributed by atoms with E-state index >= 15 is 0 Å². The van der Waals surface area contributed by atoms with Crippen LogP contribution in [-0.2, 0) is 22.7 Å². The molecular weight excluding hydrogens is 401 g/mol. The van der Waals surface area contributed by atoms with Gasteiger partial charge >= 0.3 is 6.09 Å².